The largest absolute Gasteiger partial charge is 0.422 e. The Morgan fingerprint density at radius 3 is 2.03 bits per heavy atom. The average Bonchev–Trinajstić information content (AvgIpc) is 2.84. The third-order valence-electron chi connectivity index (χ3n) is 5.68. The zero-order chi connectivity index (χ0) is 22.9. The fourth-order valence-electron chi connectivity index (χ4n) is 3.93. The first-order valence-corrected chi connectivity index (χ1v) is 10.8. The van der Waals surface area contributed by atoms with Gasteiger partial charge in [-0.25, -0.2) is 14.6 Å². The highest BCUT2D eigenvalue weighted by Gasteiger charge is 2.15. The van der Waals surface area contributed by atoms with E-state index in [9.17, 15) is 9.59 Å². The van der Waals surface area contributed by atoms with Crippen molar-refractivity contribution in [1.29, 1.82) is 0 Å². The molecule has 5 aromatic rings. The Morgan fingerprint density at radius 2 is 1.36 bits per heavy atom. The summed E-state index contributed by atoms with van der Waals surface area (Å²) in [6.45, 7) is 5.87. The van der Waals surface area contributed by atoms with Gasteiger partial charge in [0.1, 0.15) is 11.2 Å². The predicted molar refractivity (Wildman–Crippen MR) is 129 cm³/mol. The number of hydrogen-bond donors (Lipinski definition) is 0. The van der Waals surface area contributed by atoms with E-state index in [0.717, 1.165) is 29.5 Å². The van der Waals surface area contributed by atoms with Gasteiger partial charge in [-0.2, -0.15) is 0 Å². The Bertz CT molecular complexity index is 1600. The molecule has 0 atom stereocenters. The Balaban J connectivity index is 1.60. The van der Waals surface area contributed by atoms with E-state index in [4.69, 9.17) is 8.83 Å². The standard InChI is InChI=1S/C26H21N3O4/c1-3-29(4-2)18-10-9-17-12-20(26(31)33-24(17)13-18)22-15-27-14-21(28-22)19-11-16-7-5-6-8-23(16)32-25(19)30/h5-15H,3-4H2,1-2H3. The number of nitrogens with zero attached hydrogens (tertiary/aromatic N) is 3. The van der Waals surface area contributed by atoms with E-state index < -0.39 is 11.3 Å². The second-order valence-electron chi connectivity index (χ2n) is 7.62. The maximum Gasteiger partial charge on any atom is 0.345 e. The van der Waals surface area contributed by atoms with Crippen molar-refractivity contribution in [2.45, 2.75) is 13.8 Å². The van der Waals surface area contributed by atoms with Gasteiger partial charge in [-0.3, -0.25) is 4.98 Å². The summed E-state index contributed by atoms with van der Waals surface area (Å²) in [5, 5.41) is 1.55. The molecular formula is C26H21N3O4. The molecule has 0 saturated carbocycles. The van der Waals surface area contributed by atoms with Gasteiger partial charge < -0.3 is 13.7 Å². The number of hydrogen-bond acceptors (Lipinski definition) is 7. The van der Waals surface area contributed by atoms with Crippen LogP contribution in [0.4, 0.5) is 5.69 Å². The van der Waals surface area contributed by atoms with Crippen LogP contribution in [0.3, 0.4) is 0 Å². The van der Waals surface area contributed by atoms with Gasteiger partial charge >= 0.3 is 11.3 Å². The van der Waals surface area contributed by atoms with E-state index in [1.165, 1.54) is 12.4 Å². The van der Waals surface area contributed by atoms with Crippen LogP contribution in [0, 0.1) is 0 Å². The van der Waals surface area contributed by atoms with Crippen LogP contribution in [0.15, 0.2) is 85.4 Å². The van der Waals surface area contributed by atoms with E-state index in [1.807, 2.05) is 30.3 Å². The van der Waals surface area contributed by atoms with Crippen LogP contribution in [0.25, 0.3) is 44.5 Å². The van der Waals surface area contributed by atoms with Crippen molar-refractivity contribution in [3.63, 3.8) is 0 Å². The lowest BCUT2D eigenvalue weighted by atomic mass is 10.1. The number of para-hydroxylation sites is 1. The van der Waals surface area contributed by atoms with Crippen molar-refractivity contribution in [3.05, 3.63) is 87.8 Å². The van der Waals surface area contributed by atoms with Crippen molar-refractivity contribution in [2.75, 3.05) is 18.0 Å². The third kappa shape index (κ3) is 3.78. The maximum absolute atomic E-state index is 12.8. The molecule has 0 amide bonds. The highest BCUT2D eigenvalue weighted by Crippen LogP contribution is 2.26. The minimum atomic E-state index is -0.519. The molecule has 164 valence electrons. The summed E-state index contributed by atoms with van der Waals surface area (Å²) in [6.07, 6.45) is 2.96. The summed E-state index contributed by atoms with van der Waals surface area (Å²) in [4.78, 5) is 36.3. The molecule has 0 saturated heterocycles. The Hall–Kier alpha value is -4.26. The quantitative estimate of drug-likeness (QED) is 0.361. The number of anilines is 1. The highest BCUT2D eigenvalue weighted by atomic mass is 16.4. The Labute approximate surface area is 189 Å². The first kappa shape index (κ1) is 20.6. The normalized spacial score (nSPS) is 11.2. The summed E-state index contributed by atoms with van der Waals surface area (Å²) >= 11 is 0. The smallest absolute Gasteiger partial charge is 0.345 e. The molecule has 3 heterocycles. The van der Waals surface area contributed by atoms with E-state index in [1.54, 1.807) is 24.3 Å². The van der Waals surface area contributed by atoms with E-state index >= 15 is 0 Å². The average molecular weight is 439 g/mol. The number of aromatic nitrogens is 2. The van der Waals surface area contributed by atoms with Crippen molar-refractivity contribution in [3.8, 4) is 22.5 Å². The SMILES string of the molecule is CCN(CC)c1ccc2cc(-c3cncc(-c4cc5ccccc5oc4=O)n3)c(=O)oc2c1. The molecule has 7 nitrogen and oxygen atoms in total. The van der Waals surface area contributed by atoms with Crippen molar-refractivity contribution in [2.24, 2.45) is 0 Å². The first-order valence-electron chi connectivity index (χ1n) is 10.8. The van der Waals surface area contributed by atoms with Gasteiger partial charge in [-0.15, -0.1) is 0 Å². The summed E-state index contributed by atoms with van der Waals surface area (Å²) in [5.41, 5.74) is 2.16. The zero-order valence-corrected chi connectivity index (χ0v) is 18.2. The lowest BCUT2D eigenvalue weighted by molar-refractivity contribution is 0.562. The molecule has 0 bridgehead atoms. The van der Waals surface area contributed by atoms with Crippen LogP contribution < -0.4 is 16.2 Å². The molecule has 33 heavy (non-hydrogen) atoms. The second-order valence-corrected chi connectivity index (χ2v) is 7.62. The molecule has 0 aliphatic carbocycles. The Kier molecular flexibility index (Phi) is 5.22. The molecule has 0 fully saturated rings. The van der Waals surface area contributed by atoms with Gasteiger partial charge in [0.15, 0.2) is 0 Å². The lowest BCUT2D eigenvalue weighted by Crippen LogP contribution is -2.21. The fourth-order valence-corrected chi connectivity index (χ4v) is 3.93. The molecule has 0 spiro atoms. The lowest BCUT2D eigenvalue weighted by Gasteiger charge is -2.21. The van der Waals surface area contributed by atoms with Crippen LogP contribution in [-0.2, 0) is 0 Å². The van der Waals surface area contributed by atoms with Crippen LogP contribution in [0.2, 0.25) is 0 Å². The Morgan fingerprint density at radius 1 is 0.758 bits per heavy atom. The molecule has 0 aliphatic rings. The second kappa shape index (κ2) is 8.35. The number of benzene rings is 2. The summed E-state index contributed by atoms with van der Waals surface area (Å²) in [7, 11) is 0. The third-order valence-corrected chi connectivity index (χ3v) is 5.68. The first-order chi connectivity index (χ1) is 16.1. The van der Waals surface area contributed by atoms with Crippen LogP contribution in [0.1, 0.15) is 13.8 Å². The molecule has 2 aromatic carbocycles. The van der Waals surface area contributed by atoms with Gasteiger partial charge in [-0.05, 0) is 44.2 Å². The summed E-state index contributed by atoms with van der Waals surface area (Å²) in [5.74, 6) is 0. The number of rotatable bonds is 5. The minimum absolute atomic E-state index is 0.275. The van der Waals surface area contributed by atoms with Crippen LogP contribution in [-0.4, -0.2) is 23.1 Å². The molecule has 3 aromatic heterocycles. The maximum atomic E-state index is 12.8. The van der Waals surface area contributed by atoms with Crippen molar-refractivity contribution in [1.82, 2.24) is 9.97 Å². The fraction of sp³-hybridized carbons (Fsp3) is 0.154. The summed E-state index contributed by atoms with van der Waals surface area (Å²) < 4.78 is 11.0. The van der Waals surface area contributed by atoms with Crippen molar-refractivity contribution >= 4 is 27.6 Å². The van der Waals surface area contributed by atoms with E-state index in [2.05, 4.69) is 28.7 Å². The zero-order valence-electron chi connectivity index (χ0n) is 18.2. The van der Waals surface area contributed by atoms with Crippen LogP contribution >= 0.6 is 0 Å². The van der Waals surface area contributed by atoms with Crippen LogP contribution in [0.5, 0.6) is 0 Å². The predicted octanol–water partition coefficient (Wildman–Crippen LogP) is 4.87. The minimum Gasteiger partial charge on any atom is -0.422 e. The topological polar surface area (TPSA) is 89.4 Å². The van der Waals surface area contributed by atoms with Gasteiger partial charge in [-0.1, -0.05) is 18.2 Å². The molecular weight excluding hydrogens is 418 g/mol. The molecule has 5 rings (SSSR count). The molecule has 0 radical (unpaired) electrons. The van der Waals surface area contributed by atoms with Gasteiger partial charge in [0.2, 0.25) is 0 Å². The highest BCUT2D eigenvalue weighted by molar-refractivity contribution is 5.84. The molecule has 7 heteroatoms. The number of fused-ring (bicyclic) bond motifs is 2. The molecule has 0 aliphatic heterocycles. The molecule has 0 N–H and O–H groups in total. The monoisotopic (exact) mass is 439 g/mol. The molecule has 0 unspecified atom stereocenters. The van der Waals surface area contributed by atoms with Gasteiger partial charge in [0.05, 0.1) is 34.9 Å². The summed E-state index contributed by atoms with van der Waals surface area (Å²) in [6, 6.07) is 16.5. The van der Waals surface area contributed by atoms with Gasteiger partial charge in [0, 0.05) is 35.6 Å². The van der Waals surface area contributed by atoms with E-state index in [-0.39, 0.29) is 11.1 Å². The van der Waals surface area contributed by atoms with E-state index in [0.29, 0.717) is 22.6 Å². The van der Waals surface area contributed by atoms with Gasteiger partial charge in [0.25, 0.3) is 0 Å². The van der Waals surface area contributed by atoms with Crippen molar-refractivity contribution < 1.29 is 8.83 Å².